The Morgan fingerprint density at radius 1 is 1.00 bits per heavy atom. The van der Waals surface area contributed by atoms with E-state index in [0.29, 0.717) is 6.54 Å². The SMILES string of the molecule is CCN(CC(=O)N1CCN(S(=O)(=O)c2ccccc2F)CC1)c1ccc(F)cc1. The fourth-order valence-corrected chi connectivity index (χ4v) is 4.76. The van der Waals surface area contributed by atoms with Crippen molar-refractivity contribution in [3.63, 3.8) is 0 Å². The molecule has 2 aromatic rings. The van der Waals surface area contributed by atoms with Crippen LogP contribution in [0.2, 0.25) is 0 Å². The van der Waals surface area contributed by atoms with E-state index in [0.717, 1.165) is 11.8 Å². The molecule has 1 amide bonds. The second-order valence-corrected chi connectivity index (χ2v) is 8.61. The Morgan fingerprint density at radius 3 is 2.21 bits per heavy atom. The zero-order chi connectivity index (χ0) is 21.0. The van der Waals surface area contributed by atoms with Crippen molar-refractivity contribution in [2.24, 2.45) is 0 Å². The lowest BCUT2D eigenvalue weighted by Crippen LogP contribution is -2.52. The van der Waals surface area contributed by atoms with Gasteiger partial charge in [-0.1, -0.05) is 12.1 Å². The van der Waals surface area contributed by atoms with Gasteiger partial charge in [0.2, 0.25) is 15.9 Å². The number of likely N-dealkylation sites (N-methyl/N-ethyl adjacent to an activating group) is 1. The molecule has 0 radical (unpaired) electrons. The zero-order valence-electron chi connectivity index (χ0n) is 16.1. The molecule has 9 heteroatoms. The van der Waals surface area contributed by atoms with Gasteiger partial charge < -0.3 is 9.80 Å². The van der Waals surface area contributed by atoms with Crippen molar-refractivity contribution >= 4 is 21.6 Å². The molecule has 0 N–H and O–H groups in total. The molecule has 156 valence electrons. The number of anilines is 1. The Kier molecular flexibility index (Phi) is 6.49. The molecule has 1 heterocycles. The summed E-state index contributed by atoms with van der Waals surface area (Å²) in [4.78, 5) is 15.7. The highest BCUT2D eigenvalue weighted by Gasteiger charge is 2.32. The maximum Gasteiger partial charge on any atom is 0.246 e. The molecule has 1 aliphatic rings. The van der Waals surface area contributed by atoms with E-state index >= 15 is 0 Å². The van der Waals surface area contributed by atoms with E-state index in [2.05, 4.69) is 0 Å². The van der Waals surface area contributed by atoms with Gasteiger partial charge in [0, 0.05) is 38.4 Å². The van der Waals surface area contributed by atoms with Gasteiger partial charge in [-0.25, -0.2) is 17.2 Å². The third-order valence-electron chi connectivity index (χ3n) is 4.95. The molecule has 2 aromatic carbocycles. The molecule has 1 saturated heterocycles. The predicted molar refractivity (Wildman–Crippen MR) is 106 cm³/mol. The Hall–Kier alpha value is -2.52. The highest BCUT2D eigenvalue weighted by molar-refractivity contribution is 7.89. The number of piperazine rings is 1. The van der Waals surface area contributed by atoms with Gasteiger partial charge in [-0.05, 0) is 43.3 Å². The smallest absolute Gasteiger partial charge is 0.246 e. The molecule has 0 bridgehead atoms. The number of hydrogen-bond donors (Lipinski definition) is 0. The average Bonchev–Trinajstić information content (AvgIpc) is 2.73. The molecular weight excluding hydrogens is 400 g/mol. The second-order valence-electron chi connectivity index (χ2n) is 6.71. The summed E-state index contributed by atoms with van der Waals surface area (Å²) in [6, 6.07) is 11.2. The first-order valence-corrected chi connectivity index (χ1v) is 10.8. The van der Waals surface area contributed by atoms with Gasteiger partial charge >= 0.3 is 0 Å². The number of rotatable bonds is 6. The van der Waals surface area contributed by atoms with Crippen LogP contribution in [-0.2, 0) is 14.8 Å². The van der Waals surface area contributed by atoms with Crippen molar-refractivity contribution in [2.75, 3.05) is 44.2 Å². The lowest BCUT2D eigenvalue weighted by molar-refractivity contribution is -0.130. The molecule has 0 unspecified atom stereocenters. The molecule has 1 fully saturated rings. The summed E-state index contributed by atoms with van der Waals surface area (Å²) in [5.74, 6) is -1.27. The van der Waals surface area contributed by atoms with Gasteiger partial charge in [0.25, 0.3) is 0 Å². The summed E-state index contributed by atoms with van der Waals surface area (Å²) in [5, 5.41) is 0. The van der Waals surface area contributed by atoms with Gasteiger partial charge in [-0.15, -0.1) is 0 Å². The van der Waals surface area contributed by atoms with Gasteiger partial charge in [-0.2, -0.15) is 4.31 Å². The molecular formula is C20H23F2N3O3S. The van der Waals surface area contributed by atoms with E-state index in [9.17, 15) is 22.0 Å². The lowest BCUT2D eigenvalue weighted by atomic mass is 10.2. The Labute approximate surface area is 169 Å². The van der Waals surface area contributed by atoms with Crippen LogP contribution >= 0.6 is 0 Å². The lowest BCUT2D eigenvalue weighted by Gasteiger charge is -2.35. The van der Waals surface area contributed by atoms with Crippen LogP contribution in [0.1, 0.15) is 6.92 Å². The third kappa shape index (κ3) is 4.73. The van der Waals surface area contributed by atoms with E-state index < -0.39 is 15.8 Å². The largest absolute Gasteiger partial charge is 0.362 e. The standard InChI is InChI=1S/C20H23F2N3O3S/c1-2-23(17-9-7-16(21)8-10-17)15-20(26)24-11-13-25(14-12-24)29(27,28)19-6-4-3-5-18(19)22/h3-10H,2,11-15H2,1H3. The van der Waals surface area contributed by atoms with Crippen LogP contribution in [0.3, 0.4) is 0 Å². The molecule has 29 heavy (non-hydrogen) atoms. The van der Waals surface area contributed by atoms with Crippen molar-refractivity contribution in [3.8, 4) is 0 Å². The molecule has 3 rings (SSSR count). The van der Waals surface area contributed by atoms with Crippen LogP contribution in [0.5, 0.6) is 0 Å². The van der Waals surface area contributed by atoms with Gasteiger partial charge in [-0.3, -0.25) is 4.79 Å². The molecule has 1 aliphatic heterocycles. The van der Waals surface area contributed by atoms with Gasteiger partial charge in [0.05, 0.1) is 6.54 Å². The Morgan fingerprint density at radius 2 is 1.62 bits per heavy atom. The summed E-state index contributed by atoms with van der Waals surface area (Å²) < 4.78 is 53.6. The number of benzene rings is 2. The maximum absolute atomic E-state index is 13.9. The monoisotopic (exact) mass is 423 g/mol. The molecule has 0 spiro atoms. The number of sulfonamides is 1. The first-order valence-electron chi connectivity index (χ1n) is 9.36. The summed E-state index contributed by atoms with van der Waals surface area (Å²) in [6.07, 6.45) is 0. The van der Waals surface area contributed by atoms with Crippen LogP contribution in [0.25, 0.3) is 0 Å². The minimum absolute atomic E-state index is 0.102. The minimum Gasteiger partial charge on any atom is -0.362 e. The summed E-state index contributed by atoms with van der Waals surface area (Å²) in [5.41, 5.74) is 0.739. The maximum atomic E-state index is 13.9. The molecule has 0 aromatic heterocycles. The fourth-order valence-electron chi connectivity index (χ4n) is 3.27. The first kappa shape index (κ1) is 21.2. The number of halogens is 2. The summed E-state index contributed by atoms with van der Waals surface area (Å²) in [7, 11) is -3.94. The number of hydrogen-bond acceptors (Lipinski definition) is 4. The van der Waals surface area contributed by atoms with E-state index in [1.807, 2.05) is 11.8 Å². The molecule has 0 atom stereocenters. The van der Waals surface area contributed by atoms with Gasteiger partial charge in [0.15, 0.2) is 0 Å². The minimum atomic E-state index is -3.94. The van der Waals surface area contributed by atoms with E-state index in [4.69, 9.17) is 0 Å². The van der Waals surface area contributed by atoms with Crippen molar-refractivity contribution < 1.29 is 22.0 Å². The third-order valence-corrected chi connectivity index (χ3v) is 6.88. The van der Waals surface area contributed by atoms with Crippen molar-refractivity contribution in [1.29, 1.82) is 0 Å². The number of nitrogens with zero attached hydrogens (tertiary/aromatic N) is 3. The van der Waals surface area contributed by atoms with E-state index in [1.54, 1.807) is 17.0 Å². The Balaban J connectivity index is 1.62. The van der Waals surface area contributed by atoms with Crippen molar-refractivity contribution in [2.45, 2.75) is 11.8 Å². The normalized spacial score (nSPS) is 15.3. The topological polar surface area (TPSA) is 60.9 Å². The molecule has 0 aliphatic carbocycles. The zero-order valence-corrected chi connectivity index (χ0v) is 16.9. The summed E-state index contributed by atoms with van der Waals surface area (Å²) >= 11 is 0. The Bertz CT molecular complexity index is 959. The van der Waals surface area contributed by atoms with Gasteiger partial charge in [0.1, 0.15) is 16.5 Å². The van der Waals surface area contributed by atoms with Crippen LogP contribution < -0.4 is 4.90 Å². The second kappa shape index (κ2) is 8.87. The van der Waals surface area contributed by atoms with Crippen LogP contribution in [-0.4, -0.2) is 62.8 Å². The molecule has 0 saturated carbocycles. The van der Waals surface area contributed by atoms with Crippen molar-refractivity contribution in [1.82, 2.24) is 9.21 Å². The van der Waals surface area contributed by atoms with Crippen molar-refractivity contribution in [3.05, 3.63) is 60.2 Å². The highest BCUT2D eigenvalue weighted by atomic mass is 32.2. The fraction of sp³-hybridized carbons (Fsp3) is 0.350. The van der Waals surface area contributed by atoms with E-state index in [1.165, 1.54) is 34.6 Å². The summed E-state index contributed by atoms with van der Waals surface area (Å²) in [6.45, 7) is 3.24. The predicted octanol–water partition coefficient (Wildman–Crippen LogP) is 2.32. The number of carbonyl (C=O) groups is 1. The van der Waals surface area contributed by atoms with Crippen LogP contribution in [0.15, 0.2) is 53.4 Å². The highest BCUT2D eigenvalue weighted by Crippen LogP contribution is 2.21. The first-order chi connectivity index (χ1) is 13.8. The van der Waals surface area contributed by atoms with Crippen LogP contribution in [0, 0.1) is 11.6 Å². The van der Waals surface area contributed by atoms with Crippen LogP contribution in [0.4, 0.5) is 14.5 Å². The quantitative estimate of drug-likeness (QED) is 0.716. The number of carbonyl (C=O) groups excluding carboxylic acids is 1. The average molecular weight is 423 g/mol. The van der Waals surface area contributed by atoms with E-state index in [-0.39, 0.29) is 49.3 Å². The number of amides is 1. The molecule has 6 nitrogen and oxygen atoms in total.